The van der Waals surface area contributed by atoms with E-state index in [-0.39, 0.29) is 5.91 Å². The van der Waals surface area contributed by atoms with Gasteiger partial charge in [0.25, 0.3) is 5.91 Å². The summed E-state index contributed by atoms with van der Waals surface area (Å²) in [7, 11) is 1.80. The highest BCUT2D eigenvalue weighted by molar-refractivity contribution is 5.95. The van der Waals surface area contributed by atoms with Gasteiger partial charge in [0, 0.05) is 23.9 Å². The number of aromatic nitrogens is 2. The lowest BCUT2D eigenvalue weighted by molar-refractivity contribution is 0.0952. The van der Waals surface area contributed by atoms with E-state index in [4.69, 9.17) is 0 Å². The van der Waals surface area contributed by atoms with Crippen LogP contribution < -0.4 is 5.32 Å². The third kappa shape index (κ3) is 5.29. The molecule has 1 N–H and O–H groups in total. The lowest BCUT2D eigenvalue weighted by Gasteiger charge is -2.25. The first-order chi connectivity index (χ1) is 14.7. The van der Waals surface area contributed by atoms with Gasteiger partial charge in [-0.3, -0.25) is 9.48 Å². The van der Waals surface area contributed by atoms with Gasteiger partial charge in [-0.25, -0.2) is 0 Å². The molecule has 1 aromatic heterocycles. The smallest absolute Gasteiger partial charge is 0.275 e. The molecule has 0 unspecified atom stereocenters. The fourth-order valence-corrected chi connectivity index (χ4v) is 3.36. The molecule has 3 aromatic rings. The maximum Gasteiger partial charge on any atom is 0.275 e. The molecule has 158 valence electrons. The molecule has 1 heterocycles. The van der Waals surface area contributed by atoms with Crippen LogP contribution in [0.25, 0.3) is 5.57 Å². The fourth-order valence-electron chi connectivity index (χ4n) is 3.36. The highest BCUT2D eigenvalue weighted by Crippen LogP contribution is 2.31. The van der Waals surface area contributed by atoms with Crippen molar-refractivity contribution >= 4 is 11.5 Å². The quantitative estimate of drug-likeness (QED) is 0.598. The van der Waals surface area contributed by atoms with Crippen LogP contribution in [0.2, 0.25) is 0 Å². The van der Waals surface area contributed by atoms with Gasteiger partial charge in [0.15, 0.2) is 5.69 Å². The lowest BCUT2D eigenvalue weighted by atomic mass is 9.86. The molecular formula is C26H28N4O. The van der Waals surface area contributed by atoms with Crippen LogP contribution in [0.15, 0.2) is 66.4 Å². The number of hydrogen-bond donors (Lipinski definition) is 1. The molecule has 0 bridgehead atoms. The number of nitrogens with zero attached hydrogens (tertiary/aromatic N) is 3. The first-order valence-electron chi connectivity index (χ1n) is 10.3. The fraction of sp³-hybridized carbons (Fsp3) is 0.269. The number of amides is 1. The molecule has 2 aromatic carbocycles. The highest BCUT2D eigenvalue weighted by Gasteiger charge is 2.26. The van der Waals surface area contributed by atoms with Gasteiger partial charge < -0.3 is 5.32 Å². The van der Waals surface area contributed by atoms with Crippen LogP contribution >= 0.6 is 0 Å². The molecule has 0 radical (unpaired) electrons. The number of benzene rings is 2. The summed E-state index contributed by atoms with van der Waals surface area (Å²) in [5, 5.41) is 17.2. The summed E-state index contributed by atoms with van der Waals surface area (Å²) in [4.78, 5) is 12.8. The summed E-state index contributed by atoms with van der Waals surface area (Å²) in [6.45, 7) is 7.83. The van der Waals surface area contributed by atoms with Gasteiger partial charge in [0.1, 0.15) is 6.07 Å². The van der Waals surface area contributed by atoms with Crippen molar-refractivity contribution in [1.29, 1.82) is 5.26 Å². The van der Waals surface area contributed by atoms with Gasteiger partial charge in [0.2, 0.25) is 0 Å². The van der Waals surface area contributed by atoms with Gasteiger partial charge in [-0.15, -0.1) is 0 Å². The van der Waals surface area contributed by atoms with Gasteiger partial charge in [-0.05, 0) is 36.1 Å². The van der Waals surface area contributed by atoms with E-state index in [1.807, 2.05) is 70.2 Å². The second-order valence-electron chi connectivity index (χ2n) is 8.72. The minimum Gasteiger partial charge on any atom is -0.322 e. The normalized spacial score (nSPS) is 12.1. The Morgan fingerprint density at radius 3 is 2.19 bits per heavy atom. The summed E-state index contributed by atoms with van der Waals surface area (Å²) in [5.74, 6) is -0.318. The Balaban J connectivity index is 1.92. The van der Waals surface area contributed by atoms with Crippen molar-refractivity contribution in [3.05, 3.63) is 94.4 Å². The van der Waals surface area contributed by atoms with Crippen LogP contribution in [0.1, 0.15) is 53.6 Å². The first-order valence-corrected chi connectivity index (χ1v) is 10.3. The lowest BCUT2D eigenvalue weighted by Crippen LogP contribution is -2.31. The molecular weight excluding hydrogens is 384 g/mol. The first kappa shape index (κ1) is 22.0. The maximum absolute atomic E-state index is 12.8. The molecule has 0 atom stereocenters. The average Bonchev–Trinajstić information content (AvgIpc) is 3.07. The van der Waals surface area contributed by atoms with E-state index in [1.165, 1.54) is 5.56 Å². The number of aryl methyl sites for hydroxylation is 2. The number of rotatable bonds is 5. The Morgan fingerprint density at radius 2 is 1.68 bits per heavy atom. The number of nitriles is 1. The summed E-state index contributed by atoms with van der Waals surface area (Å²) in [6, 6.07) is 22.3. The van der Waals surface area contributed by atoms with E-state index in [0.717, 1.165) is 23.2 Å². The Labute approximate surface area is 184 Å². The molecule has 0 spiro atoms. The molecule has 0 aliphatic rings. The molecule has 5 heteroatoms. The summed E-state index contributed by atoms with van der Waals surface area (Å²) in [5.41, 5.74) is 5.00. The third-order valence-electron chi connectivity index (χ3n) is 5.19. The zero-order valence-corrected chi connectivity index (χ0v) is 18.7. The number of carbonyl (C=O) groups excluding carboxylic acids is 1. The van der Waals surface area contributed by atoms with E-state index >= 15 is 0 Å². The Morgan fingerprint density at radius 1 is 1.06 bits per heavy atom. The van der Waals surface area contributed by atoms with Crippen LogP contribution in [-0.4, -0.2) is 15.7 Å². The van der Waals surface area contributed by atoms with E-state index in [2.05, 4.69) is 28.6 Å². The minimum absolute atomic E-state index is 0.318. The Bertz CT molecular complexity index is 1120. The topological polar surface area (TPSA) is 70.7 Å². The summed E-state index contributed by atoms with van der Waals surface area (Å²) in [6.07, 6.45) is 0.828. The number of hydrogen-bond acceptors (Lipinski definition) is 3. The zero-order chi connectivity index (χ0) is 22.6. The zero-order valence-electron chi connectivity index (χ0n) is 18.7. The maximum atomic E-state index is 12.8. The second kappa shape index (κ2) is 9.01. The molecule has 1 amide bonds. The van der Waals surface area contributed by atoms with Gasteiger partial charge in [0.05, 0.1) is 5.57 Å². The second-order valence-corrected chi connectivity index (χ2v) is 8.72. The van der Waals surface area contributed by atoms with Crippen molar-refractivity contribution in [2.24, 2.45) is 12.5 Å². The summed E-state index contributed by atoms with van der Waals surface area (Å²) >= 11 is 0. The standard InChI is InChI=1S/C26H28N4O/c1-18-15-23(29-30(18)5)25(31)28-24(26(2,3)4)22(17-27)21-13-11-20(12-14-21)16-19-9-7-6-8-10-19/h6-15H,16H2,1-5H3,(H,28,31)/b24-22-. The van der Waals surface area contributed by atoms with Crippen LogP contribution in [0, 0.1) is 23.7 Å². The summed E-state index contributed by atoms with van der Waals surface area (Å²) < 4.78 is 1.66. The molecule has 0 saturated carbocycles. The Hall–Kier alpha value is -3.65. The van der Waals surface area contributed by atoms with E-state index in [9.17, 15) is 10.1 Å². The van der Waals surface area contributed by atoms with E-state index in [1.54, 1.807) is 17.8 Å². The average molecular weight is 413 g/mol. The molecule has 5 nitrogen and oxygen atoms in total. The van der Waals surface area contributed by atoms with E-state index < -0.39 is 5.41 Å². The molecule has 0 aliphatic carbocycles. The molecule has 0 fully saturated rings. The van der Waals surface area contributed by atoms with Gasteiger partial charge in [-0.2, -0.15) is 10.4 Å². The van der Waals surface area contributed by atoms with Crippen molar-refractivity contribution in [2.45, 2.75) is 34.1 Å². The predicted octanol–water partition coefficient (Wildman–Crippen LogP) is 5.03. The van der Waals surface area contributed by atoms with Gasteiger partial charge in [-0.1, -0.05) is 75.4 Å². The van der Waals surface area contributed by atoms with Crippen molar-refractivity contribution in [1.82, 2.24) is 15.1 Å². The van der Waals surface area contributed by atoms with Crippen molar-refractivity contribution in [3.8, 4) is 6.07 Å². The van der Waals surface area contributed by atoms with E-state index in [0.29, 0.717) is 17.0 Å². The van der Waals surface area contributed by atoms with Crippen LogP contribution in [0.4, 0.5) is 0 Å². The SMILES string of the molecule is Cc1cc(C(=O)N/C(=C(/C#N)c2ccc(Cc3ccccc3)cc2)C(C)(C)C)nn1C. The van der Waals surface area contributed by atoms with Crippen molar-refractivity contribution in [3.63, 3.8) is 0 Å². The van der Waals surface area contributed by atoms with Crippen molar-refractivity contribution in [2.75, 3.05) is 0 Å². The van der Waals surface area contributed by atoms with Crippen LogP contribution in [-0.2, 0) is 13.5 Å². The van der Waals surface area contributed by atoms with Crippen LogP contribution in [0.5, 0.6) is 0 Å². The molecule has 0 saturated heterocycles. The van der Waals surface area contributed by atoms with Crippen molar-refractivity contribution < 1.29 is 4.79 Å². The minimum atomic E-state index is -0.437. The largest absolute Gasteiger partial charge is 0.322 e. The molecule has 0 aliphatic heterocycles. The number of allylic oxidation sites excluding steroid dienone is 2. The molecule has 31 heavy (non-hydrogen) atoms. The van der Waals surface area contributed by atoms with Crippen LogP contribution in [0.3, 0.4) is 0 Å². The van der Waals surface area contributed by atoms with Gasteiger partial charge >= 0.3 is 0 Å². The Kier molecular flexibility index (Phi) is 6.41. The number of carbonyl (C=O) groups is 1. The number of nitrogens with one attached hydrogen (secondary N) is 1. The monoisotopic (exact) mass is 412 g/mol. The highest BCUT2D eigenvalue weighted by atomic mass is 16.2. The third-order valence-corrected chi connectivity index (χ3v) is 5.19. The molecule has 3 rings (SSSR count). The predicted molar refractivity (Wildman–Crippen MR) is 123 cm³/mol.